The summed E-state index contributed by atoms with van der Waals surface area (Å²) in [5.74, 6) is 0.0246. The number of aryl methyl sites for hydroxylation is 1. The van der Waals surface area contributed by atoms with Gasteiger partial charge in [-0.25, -0.2) is 4.98 Å². The van der Waals surface area contributed by atoms with Crippen LogP contribution in [0.4, 0.5) is 0 Å². The molecular weight excluding hydrogens is 244 g/mol. The fraction of sp³-hybridized carbons (Fsp3) is 0.143. The predicted molar refractivity (Wildman–Crippen MR) is 74.1 cm³/mol. The van der Waals surface area contributed by atoms with Crippen molar-refractivity contribution >= 4 is 28.1 Å². The van der Waals surface area contributed by atoms with Crippen LogP contribution in [0.1, 0.15) is 16.7 Å². The van der Waals surface area contributed by atoms with Gasteiger partial charge >= 0.3 is 0 Å². The minimum atomic E-state index is 0.0246. The van der Waals surface area contributed by atoms with E-state index in [4.69, 9.17) is 0 Å². The van der Waals surface area contributed by atoms with Gasteiger partial charge in [0.05, 0.1) is 16.2 Å². The molecule has 0 amide bonds. The van der Waals surface area contributed by atoms with Crippen LogP contribution in [0.15, 0.2) is 35.8 Å². The van der Waals surface area contributed by atoms with Gasteiger partial charge in [0.25, 0.3) is 0 Å². The number of thiazole rings is 1. The van der Waals surface area contributed by atoms with Crippen LogP contribution < -0.4 is 0 Å². The number of hydrogen-bond acceptors (Lipinski definition) is 3. The summed E-state index contributed by atoms with van der Waals surface area (Å²) in [7, 11) is 0. The van der Waals surface area contributed by atoms with Gasteiger partial charge < -0.3 is 0 Å². The van der Waals surface area contributed by atoms with Crippen molar-refractivity contribution in [1.29, 1.82) is 0 Å². The van der Waals surface area contributed by atoms with Gasteiger partial charge in [-0.3, -0.25) is 9.36 Å². The lowest BCUT2D eigenvalue weighted by Crippen LogP contribution is -2.02. The molecule has 0 aliphatic rings. The van der Waals surface area contributed by atoms with Gasteiger partial charge in [0.15, 0.2) is 0 Å². The van der Waals surface area contributed by atoms with E-state index in [0.29, 0.717) is 0 Å². The molecule has 0 saturated carbocycles. The molecule has 18 heavy (non-hydrogen) atoms. The molecule has 0 saturated heterocycles. The first kappa shape index (κ1) is 11.2. The lowest BCUT2D eigenvalue weighted by molar-refractivity contribution is 0.0941. The fourth-order valence-electron chi connectivity index (χ4n) is 2.06. The predicted octanol–water partition coefficient (Wildman–Crippen LogP) is 3.73. The maximum absolute atomic E-state index is 11.5. The molecule has 0 atom stereocenters. The van der Waals surface area contributed by atoms with E-state index in [2.05, 4.69) is 4.98 Å². The topological polar surface area (TPSA) is 34.9 Å². The van der Waals surface area contributed by atoms with Gasteiger partial charge in [-0.15, -0.1) is 11.3 Å². The molecule has 2 heterocycles. The highest BCUT2D eigenvalue weighted by Gasteiger charge is 2.08. The Balaban J connectivity index is 2.20. The number of rotatable bonds is 1. The molecule has 0 bridgehead atoms. The monoisotopic (exact) mass is 256 g/mol. The Bertz CT molecular complexity index is 739. The molecule has 3 rings (SSSR count). The van der Waals surface area contributed by atoms with Crippen LogP contribution in [0.3, 0.4) is 0 Å². The summed E-state index contributed by atoms with van der Waals surface area (Å²) >= 11 is 1.63. The Morgan fingerprint density at radius 3 is 2.83 bits per heavy atom. The molecular formula is C14H12N2OS. The maximum atomic E-state index is 11.5. The first-order chi connectivity index (χ1) is 8.65. The van der Waals surface area contributed by atoms with E-state index in [-0.39, 0.29) is 5.91 Å². The Morgan fingerprint density at radius 2 is 2.17 bits per heavy atom. The van der Waals surface area contributed by atoms with Crippen LogP contribution in [-0.2, 0) is 0 Å². The maximum Gasteiger partial charge on any atom is 0.227 e. The Hall–Kier alpha value is -1.94. The molecule has 0 radical (unpaired) electrons. The summed E-state index contributed by atoms with van der Waals surface area (Å²) in [5.41, 5.74) is 2.95. The number of carbonyl (C=O) groups excluding carboxylic acids is 1. The molecule has 0 aliphatic heterocycles. The zero-order valence-corrected chi connectivity index (χ0v) is 11.0. The van der Waals surface area contributed by atoms with Crippen molar-refractivity contribution in [3.8, 4) is 11.3 Å². The van der Waals surface area contributed by atoms with Crippen LogP contribution in [0.25, 0.3) is 22.2 Å². The third-order valence-electron chi connectivity index (χ3n) is 2.95. The van der Waals surface area contributed by atoms with Gasteiger partial charge in [-0.2, -0.15) is 0 Å². The van der Waals surface area contributed by atoms with E-state index < -0.39 is 0 Å². The van der Waals surface area contributed by atoms with Crippen molar-refractivity contribution in [3.05, 3.63) is 40.8 Å². The van der Waals surface area contributed by atoms with Crippen molar-refractivity contribution < 1.29 is 4.79 Å². The van der Waals surface area contributed by atoms with Crippen molar-refractivity contribution in [1.82, 2.24) is 9.55 Å². The summed E-state index contributed by atoms with van der Waals surface area (Å²) < 4.78 is 1.66. The molecule has 0 unspecified atom stereocenters. The van der Waals surface area contributed by atoms with E-state index >= 15 is 0 Å². The Kier molecular flexibility index (Phi) is 2.52. The van der Waals surface area contributed by atoms with Crippen molar-refractivity contribution in [2.45, 2.75) is 13.8 Å². The number of hydrogen-bond donors (Lipinski definition) is 0. The molecule has 90 valence electrons. The number of benzene rings is 1. The first-order valence-corrected chi connectivity index (χ1v) is 6.57. The molecule has 3 nitrogen and oxygen atoms in total. The minimum absolute atomic E-state index is 0.0246. The van der Waals surface area contributed by atoms with E-state index in [9.17, 15) is 4.79 Å². The standard InChI is InChI=1S/C14H12N2OS/c1-9-15-13(8-18-9)12-4-3-11-5-6-16(10(2)17)14(11)7-12/h3-8H,1-2H3. The average molecular weight is 256 g/mol. The van der Waals surface area contributed by atoms with E-state index in [1.807, 2.05) is 42.8 Å². The van der Waals surface area contributed by atoms with Gasteiger partial charge in [0, 0.05) is 29.5 Å². The minimum Gasteiger partial charge on any atom is -0.287 e. The third kappa shape index (κ3) is 1.75. The second kappa shape index (κ2) is 4.07. The highest BCUT2D eigenvalue weighted by atomic mass is 32.1. The van der Waals surface area contributed by atoms with Crippen LogP contribution >= 0.6 is 11.3 Å². The fourth-order valence-corrected chi connectivity index (χ4v) is 2.68. The number of nitrogens with zero attached hydrogens (tertiary/aromatic N) is 2. The van der Waals surface area contributed by atoms with Crippen LogP contribution in [0, 0.1) is 6.92 Å². The second-order valence-corrected chi connectivity index (χ2v) is 5.29. The molecule has 0 aliphatic carbocycles. The highest BCUT2D eigenvalue weighted by molar-refractivity contribution is 7.09. The largest absolute Gasteiger partial charge is 0.287 e. The molecule has 3 aromatic rings. The zero-order valence-electron chi connectivity index (χ0n) is 10.2. The van der Waals surface area contributed by atoms with E-state index in [0.717, 1.165) is 27.2 Å². The molecule has 0 N–H and O–H groups in total. The van der Waals surface area contributed by atoms with Gasteiger partial charge in [-0.1, -0.05) is 12.1 Å². The number of carbonyl (C=O) groups is 1. The smallest absolute Gasteiger partial charge is 0.227 e. The summed E-state index contributed by atoms with van der Waals surface area (Å²) in [6, 6.07) is 8.04. The van der Waals surface area contributed by atoms with E-state index in [1.165, 1.54) is 0 Å². The van der Waals surface area contributed by atoms with Gasteiger partial charge in [0.2, 0.25) is 5.91 Å². The lowest BCUT2D eigenvalue weighted by atomic mass is 10.1. The quantitative estimate of drug-likeness (QED) is 0.665. The van der Waals surface area contributed by atoms with Crippen molar-refractivity contribution in [2.75, 3.05) is 0 Å². The third-order valence-corrected chi connectivity index (χ3v) is 3.72. The normalized spacial score (nSPS) is 11.0. The molecule has 2 aromatic heterocycles. The lowest BCUT2D eigenvalue weighted by Gasteiger charge is -2.01. The first-order valence-electron chi connectivity index (χ1n) is 5.70. The summed E-state index contributed by atoms with van der Waals surface area (Å²) in [6.07, 6.45) is 1.81. The van der Waals surface area contributed by atoms with Crippen LogP contribution in [-0.4, -0.2) is 15.5 Å². The van der Waals surface area contributed by atoms with Crippen molar-refractivity contribution in [3.63, 3.8) is 0 Å². The summed E-state index contributed by atoms with van der Waals surface area (Å²) in [4.78, 5) is 16.0. The SMILES string of the molecule is CC(=O)n1ccc2ccc(-c3csc(C)n3)cc21. The van der Waals surface area contributed by atoms with Gasteiger partial charge in [-0.05, 0) is 19.1 Å². The summed E-state index contributed by atoms with van der Waals surface area (Å²) in [6.45, 7) is 3.56. The highest BCUT2D eigenvalue weighted by Crippen LogP contribution is 2.26. The summed E-state index contributed by atoms with van der Waals surface area (Å²) in [5, 5.41) is 4.16. The second-order valence-electron chi connectivity index (χ2n) is 4.23. The average Bonchev–Trinajstić information content (AvgIpc) is 2.93. The van der Waals surface area contributed by atoms with Crippen molar-refractivity contribution in [2.24, 2.45) is 0 Å². The molecule has 4 heteroatoms. The molecule has 0 fully saturated rings. The molecule has 1 aromatic carbocycles. The van der Waals surface area contributed by atoms with Crippen LogP contribution in [0.2, 0.25) is 0 Å². The van der Waals surface area contributed by atoms with Crippen LogP contribution in [0.5, 0.6) is 0 Å². The number of fused-ring (bicyclic) bond motifs is 1. The zero-order chi connectivity index (χ0) is 12.7. The number of aromatic nitrogens is 2. The van der Waals surface area contributed by atoms with Gasteiger partial charge in [0.1, 0.15) is 0 Å². The Labute approximate surface area is 109 Å². The Morgan fingerprint density at radius 1 is 1.33 bits per heavy atom. The molecule has 0 spiro atoms. The van der Waals surface area contributed by atoms with E-state index in [1.54, 1.807) is 22.8 Å².